The van der Waals surface area contributed by atoms with Crippen LogP contribution in [0, 0.1) is 0 Å². The Hall–Kier alpha value is -2.26. The van der Waals surface area contributed by atoms with Crippen LogP contribution in [-0.2, 0) is 0 Å². The van der Waals surface area contributed by atoms with E-state index < -0.39 is 0 Å². The first-order chi connectivity index (χ1) is 9.22. The van der Waals surface area contributed by atoms with Gasteiger partial charge in [-0.25, -0.2) is 0 Å². The number of hydrogen-bond acceptors (Lipinski definition) is 2. The van der Waals surface area contributed by atoms with Gasteiger partial charge in [-0.15, -0.1) is 0 Å². The lowest BCUT2D eigenvalue weighted by Gasteiger charge is -2.07. The standard InChI is InChI=1S/C15H11ClN2O/c16-11-5-7-12(8-6-11)17-14-9-10-3-1-2-4-13(10)18-15(14)19/h1-9,17H,(H,18,19). The Morgan fingerprint density at radius 1 is 1.00 bits per heavy atom. The number of nitrogens with one attached hydrogen (secondary N) is 2. The fourth-order valence-corrected chi connectivity index (χ4v) is 2.05. The van der Waals surface area contributed by atoms with Gasteiger partial charge in [0.05, 0.1) is 0 Å². The zero-order valence-corrected chi connectivity index (χ0v) is 10.7. The zero-order chi connectivity index (χ0) is 13.2. The molecule has 19 heavy (non-hydrogen) atoms. The number of halogens is 1. The Labute approximate surface area is 114 Å². The van der Waals surface area contributed by atoms with Gasteiger partial charge in [0.15, 0.2) is 0 Å². The van der Waals surface area contributed by atoms with E-state index in [1.807, 2.05) is 42.5 Å². The largest absolute Gasteiger partial charge is 0.351 e. The molecule has 94 valence electrons. The van der Waals surface area contributed by atoms with Crippen LogP contribution in [0.15, 0.2) is 59.4 Å². The quantitative estimate of drug-likeness (QED) is 0.741. The minimum Gasteiger partial charge on any atom is -0.351 e. The van der Waals surface area contributed by atoms with E-state index >= 15 is 0 Å². The van der Waals surface area contributed by atoms with Gasteiger partial charge in [0.25, 0.3) is 5.56 Å². The highest BCUT2D eigenvalue weighted by atomic mass is 35.5. The van der Waals surface area contributed by atoms with Crippen LogP contribution >= 0.6 is 11.6 Å². The van der Waals surface area contributed by atoms with Crippen LogP contribution in [0.1, 0.15) is 0 Å². The van der Waals surface area contributed by atoms with Gasteiger partial charge in [0.1, 0.15) is 5.69 Å². The summed E-state index contributed by atoms with van der Waals surface area (Å²) in [6.07, 6.45) is 0. The maximum absolute atomic E-state index is 12.0. The van der Waals surface area contributed by atoms with Gasteiger partial charge in [-0.3, -0.25) is 4.79 Å². The van der Waals surface area contributed by atoms with Crippen molar-refractivity contribution in [2.45, 2.75) is 0 Å². The van der Waals surface area contributed by atoms with Gasteiger partial charge in [-0.1, -0.05) is 29.8 Å². The number of H-pyrrole nitrogens is 1. The van der Waals surface area contributed by atoms with Gasteiger partial charge < -0.3 is 10.3 Å². The van der Waals surface area contributed by atoms with Gasteiger partial charge >= 0.3 is 0 Å². The fourth-order valence-electron chi connectivity index (χ4n) is 1.93. The van der Waals surface area contributed by atoms with E-state index in [2.05, 4.69) is 10.3 Å². The Morgan fingerprint density at radius 3 is 2.53 bits per heavy atom. The summed E-state index contributed by atoms with van der Waals surface area (Å²) in [6.45, 7) is 0. The lowest BCUT2D eigenvalue weighted by molar-refractivity contribution is 1.30. The Bertz CT molecular complexity index is 778. The number of anilines is 2. The van der Waals surface area contributed by atoms with Crippen LogP contribution < -0.4 is 10.9 Å². The first-order valence-corrected chi connectivity index (χ1v) is 6.25. The Balaban J connectivity index is 2.03. The molecule has 1 aromatic heterocycles. The molecule has 3 nitrogen and oxygen atoms in total. The predicted molar refractivity (Wildman–Crippen MR) is 79.3 cm³/mol. The molecule has 0 aliphatic carbocycles. The van der Waals surface area contributed by atoms with E-state index in [9.17, 15) is 4.79 Å². The van der Waals surface area contributed by atoms with Crippen molar-refractivity contribution in [2.24, 2.45) is 0 Å². The topological polar surface area (TPSA) is 44.9 Å². The van der Waals surface area contributed by atoms with Crippen molar-refractivity contribution in [3.8, 4) is 0 Å². The summed E-state index contributed by atoms with van der Waals surface area (Å²) < 4.78 is 0. The number of hydrogen-bond donors (Lipinski definition) is 2. The molecule has 0 saturated carbocycles. The van der Waals surface area contributed by atoms with Crippen molar-refractivity contribution in [2.75, 3.05) is 5.32 Å². The summed E-state index contributed by atoms with van der Waals surface area (Å²) in [7, 11) is 0. The second-order valence-corrected chi connectivity index (χ2v) is 4.67. The van der Waals surface area contributed by atoms with Crippen LogP contribution in [0.25, 0.3) is 10.9 Å². The smallest absolute Gasteiger partial charge is 0.272 e. The highest BCUT2D eigenvalue weighted by Gasteiger charge is 2.02. The van der Waals surface area contributed by atoms with Crippen molar-refractivity contribution < 1.29 is 0 Å². The van der Waals surface area contributed by atoms with Crippen LogP contribution in [0.3, 0.4) is 0 Å². The van der Waals surface area contributed by atoms with E-state index in [0.717, 1.165) is 16.6 Å². The summed E-state index contributed by atoms with van der Waals surface area (Å²) in [4.78, 5) is 14.8. The van der Waals surface area contributed by atoms with Crippen LogP contribution in [0.5, 0.6) is 0 Å². The number of fused-ring (bicyclic) bond motifs is 1. The van der Waals surface area contributed by atoms with Crippen LogP contribution in [-0.4, -0.2) is 4.98 Å². The van der Waals surface area contributed by atoms with Crippen molar-refractivity contribution in [1.29, 1.82) is 0 Å². The molecule has 0 aliphatic heterocycles. The molecule has 0 atom stereocenters. The monoisotopic (exact) mass is 270 g/mol. The number of aromatic nitrogens is 1. The van der Waals surface area contributed by atoms with Gasteiger partial charge in [-0.2, -0.15) is 0 Å². The van der Waals surface area contributed by atoms with E-state index in [1.54, 1.807) is 12.1 Å². The molecule has 0 unspecified atom stereocenters. The van der Waals surface area contributed by atoms with Crippen molar-refractivity contribution in [1.82, 2.24) is 4.98 Å². The molecule has 0 bridgehead atoms. The Morgan fingerprint density at radius 2 is 1.74 bits per heavy atom. The maximum atomic E-state index is 12.0. The molecule has 1 heterocycles. The molecule has 3 aromatic rings. The van der Waals surface area contributed by atoms with Gasteiger partial charge in [0.2, 0.25) is 0 Å². The first kappa shape index (κ1) is 11.8. The molecular weight excluding hydrogens is 260 g/mol. The lowest BCUT2D eigenvalue weighted by atomic mass is 10.2. The zero-order valence-electron chi connectivity index (χ0n) is 9.98. The second-order valence-electron chi connectivity index (χ2n) is 4.23. The van der Waals surface area contributed by atoms with Crippen LogP contribution in [0.2, 0.25) is 5.02 Å². The summed E-state index contributed by atoms with van der Waals surface area (Å²) in [5.74, 6) is 0. The second kappa shape index (κ2) is 4.78. The normalized spacial score (nSPS) is 10.6. The van der Waals surface area contributed by atoms with E-state index in [4.69, 9.17) is 11.6 Å². The number of benzene rings is 2. The lowest BCUT2D eigenvalue weighted by Crippen LogP contribution is -2.11. The maximum Gasteiger partial charge on any atom is 0.272 e. The van der Waals surface area contributed by atoms with Gasteiger partial charge in [-0.05, 0) is 36.4 Å². The molecule has 0 spiro atoms. The minimum absolute atomic E-state index is 0.145. The molecule has 0 aliphatic rings. The van der Waals surface area contributed by atoms with Crippen molar-refractivity contribution in [3.63, 3.8) is 0 Å². The highest BCUT2D eigenvalue weighted by molar-refractivity contribution is 6.30. The van der Waals surface area contributed by atoms with Crippen molar-refractivity contribution >= 4 is 33.9 Å². The fraction of sp³-hybridized carbons (Fsp3) is 0. The number of pyridine rings is 1. The molecule has 0 saturated heterocycles. The van der Waals surface area contributed by atoms with E-state index in [-0.39, 0.29) is 5.56 Å². The third kappa shape index (κ3) is 2.46. The summed E-state index contributed by atoms with van der Waals surface area (Å²) in [6, 6.07) is 16.7. The third-order valence-corrected chi connectivity index (χ3v) is 3.13. The highest BCUT2D eigenvalue weighted by Crippen LogP contribution is 2.19. The molecule has 0 amide bonds. The average Bonchev–Trinajstić information content (AvgIpc) is 2.42. The SMILES string of the molecule is O=c1[nH]c2ccccc2cc1Nc1ccc(Cl)cc1. The number of para-hydroxylation sites is 1. The third-order valence-electron chi connectivity index (χ3n) is 2.88. The summed E-state index contributed by atoms with van der Waals surface area (Å²) >= 11 is 5.83. The molecule has 3 rings (SSSR count). The molecule has 2 N–H and O–H groups in total. The number of aromatic amines is 1. The van der Waals surface area contributed by atoms with E-state index in [1.165, 1.54) is 0 Å². The minimum atomic E-state index is -0.145. The molecule has 0 radical (unpaired) electrons. The van der Waals surface area contributed by atoms with Crippen LogP contribution in [0.4, 0.5) is 11.4 Å². The molecule has 0 fully saturated rings. The summed E-state index contributed by atoms with van der Waals surface area (Å²) in [5, 5.41) is 4.74. The van der Waals surface area contributed by atoms with Gasteiger partial charge in [0, 0.05) is 21.6 Å². The first-order valence-electron chi connectivity index (χ1n) is 5.87. The average molecular weight is 271 g/mol. The molecular formula is C15H11ClN2O. The predicted octanol–water partition coefficient (Wildman–Crippen LogP) is 3.93. The molecule has 2 aromatic carbocycles. The number of rotatable bonds is 2. The van der Waals surface area contributed by atoms with Crippen molar-refractivity contribution in [3.05, 3.63) is 70.0 Å². The Kier molecular flexibility index (Phi) is 2.97. The summed E-state index contributed by atoms with van der Waals surface area (Å²) in [5.41, 5.74) is 2.02. The molecule has 4 heteroatoms. The van der Waals surface area contributed by atoms with E-state index in [0.29, 0.717) is 10.7 Å².